The summed E-state index contributed by atoms with van der Waals surface area (Å²) in [6, 6.07) is 15.9. The highest BCUT2D eigenvalue weighted by Gasteiger charge is 2.09. The Labute approximate surface area is 143 Å². The number of nitrogens with one attached hydrogen (secondary N) is 2. The quantitative estimate of drug-likeness (QED) is 0.729. The summed E-state index contributed by atoms with van der Waals surface area (Å²) in [5, 5.41) is 3.97. The maximum Gasteiger partial charge on any atom is 0.267 e. The average Bonchev–Trinajstić information content (AvgIpc) is 2.96. The summed E-state index contributed by atoms with van der Waals surface area (Å²) in [5.41, 5.74) is 3.73. The lowest BCUT2D eigenvalue weighted by molar-refractivity contribution is 0.0947. The monoisotopic (exact) mass is 371 g/mol. The van der Waals surface area contributed by atoms with Gasteiger partial charge in [-0.15, -0.1) is 0 Å². The number of H-pyrrole nitrogens is 1. The number of halogens is 1. The molecule has 3 rings (SSSR count). The van der Waals surface area contributed by atoms with E-state index in [4.69, 9.17) is 0 Å². The molecule has 0 spiro atoms. The number of carbonyl (C=O) groups is 1. The van der Waals surface area contributed by atoms with E-state index in [2.05, 4.69) is 26.2 Å². The molecule has 1 aromatic heterocycles. The highest BCUT2D eigenvalue weighted by molar-refractivity contribution is 9.10. The lowest BCUT2D eigenvalue weighted by Gasteiger charge is -2.12. The maximum absolute atomic E-state index is 12.3. The van der Waals surface area contributed by atoms with Crippen molar-refractivity contribution in [3.8, 4) is 0 Å². The van der Waals surface area contributed by atoms with E-state index in [1.165, 1.54) is 0 Å². The molecular formula is C18H18BrN3O. The van der Waals surface area contributed by atoms with Crippen LogP contribution >= 0.6 is 15.9 Å². The molecule has 0 saturated heterocycles. The first-order valence-electron chi connectivity index (χ1n) is 7.35. The van der Waals surface area contributed by atoms with Gasteiger partial charge in [0.1, 0.15) is 5.69 Å². The summed E-state index contributed by atoms with van der Waals surface area (Å²) in [7, 11) is 4.01. The molecule has 0 atom stereocenters. The molecule has 1 amide bonds. The zero-order valence-electron chi connectivity index (χ0n) is 13.1. The fourth-order valence-electron chi connectivity index (χ4n) is 2.41. The Morgan fingerprint density at radius 1 is 1.13 bits per heavy atom. The minimum Gasteiger partial charge on any atom is -0.378 e. The van der Waals surface area contributed by atoms with Crippen molar-refractivity contribution >= 4 is 38.4 Å². The van der Waals surface area contributed by atoms with E-state index in [0.717, 1.165) is 26.6 Å². The van der Waals surface area contributed by atoms with Crippen molar-refractivity contribution < 1.29 is 4.79 Å². The van der Waals surface area contributed by atoms with E-state index >= 15 is 0 Å². The normalized spacial score (nSPS) is 10.7. The fraction of sp³-hybridized carbons (Fsp3) is 0.167. The largest absolute Gasteiger partial charge is 0.378 e. The Balaban J connectivity index is 1.68. The van der Waals surface area contributed by atoms with E-state index in [1.54, 1.807) is 0 Å². The summed E-state index contributed by atoms with van der Waals surface area (Å²) in [5.74, 6) is -0.103. The summed E-state index contributed by atoms with van der Waals surface area (Å²) >= 11 is 3.43. The maximum atomic E-state index is 12.3. The molecule has 2 aromatic carbocycles. The smallest absolute Gasteiger partial charge is 0.267 e. The SMILES string of the molecule is CN(C)c1ccc(CNC(=O)c2cc3ccc(Br)cc3[nH]2)cc1. The number of aromatic amines is 1. The van der Waals surface area contributed by atoms with E-state index in [-0.39, 0.29) is 5.91 Å². The highest BCUT2D eigenvalue weighted by Crippen LogP contribution is 2.20. The first-order chi connectivity index (χ1) is 11.0. The summed E-state index contributed by atoms with van der Waals surface area (Å²) in [4.78, 5) is 17.5. The van der Waals surface area contributed by atoms with Gasteiger partial charge in [-0.2, -0.15) is 0 Å². The number of hydrogen-bond acceptors (Lipinski definition) is 2. The minimum absolute atomic E-state index is 0.103. The fourth-order valence-corrected chi connectivity index (χ4v) is 2.77. The third-order valence-corrected chi connectivity index (χ3v) is 4.23. The van der Waals surface area contributed by atoms with Crippen LogP contribution in [0.15, 0.2) is 53.0 Å². The molecule has 0 radical (unpaired) electrons. The molecule has 2 N–H and O–H groups in total. The van der Waals surface area contributed by atoms with Crippen LogP contribution in [0.1, 0.15) is 16.1 Å². The van der Waals surface area contributed by atoms with Gasteiger partial charge in [0.15, 0.2) is 0 Å². The van der Waals surface area contributed by atoms with Crippen LogP contribution in [0.4, 0.5) is 5.69 Å². The number of carbonyl (C=O) groups excluding carboxylic acids is 1. The Kier molecular flexibility index (Phi) is 4.39. The molecule has 0 aliphatic heterocycles. The molecule has 0 bridgehead atoms. The average molecular weight is 372 g/mol. The number of benzene rings is 2. The molecule has 5 heteroatoms. The van der Waals surface area contributed by atoms with Crippen LogP contribution in [0.5, 0.6) is 0 Å². The topological polar surface area (TPSA) is 48.1 Å². The molecule has 0 fully saturated rings. The second-order valence-electron chi connectivity index (χ2n) is 5.66. The van der Waals surface area contributed by atoms with E-state index < -0.39 is 0 Å². The highest BCUT2D eigenvalue weighted by atomic mass is 79.9. The molecule has 23 heavy (non-hydrogen) atoms. The van der Waals surface area contributed by atoms with E-state index in [9.17, 15) is 4.79 Å². The third-order valence-electron chi connectivity index (χ3n) is 3.73. The second-order valence-corrected chi connectivity index (χ2v) is 6.57. The first-order valence-corrected chi connectivity index (χ1v) is 8.15. The molecule has 0 unspecified atom stereocenters. The van der Waals surface area contributed by atoms with Crippen molar-refractivity contribution in [1.82, 2.24) is 10.3 Å². The van der Waals surface area contributed by atoms with Crippen molar-refractivity contribution in [3.63, 3.8) is 0 Å². The number of nitrogens with zero attached hydrogens (tertiary/aromatic N) is 1. The van der Waals surface area contributed by atoms with Gasteiger partial charge in [0.25, 0.3) is 5.91 Å². The molecule has 1 heterocycles. The van der Waals surface area contributed by atoms with Gasteiger partial charge >= 0.3 is 0 Å². The van der Waals surface area contributed by atoms with Gasteiger partial charge in [-0.1, -0.05) is 34.1 Å². The van der Waals surface area contributed by atoms with Crippen LogP contribution in [0.3, 0.4) is 0 Å². The summed E-state index contributed by atoms with van der Waals surface area (Å²) in [6.07, 6.45) is 0. The zero-order valence-corrected chi connectivity index (χ0v) is 14.6. The number of aromatic nitrogens is 1. The minimum atomic E-state index is -0.103. The standard InChI is InChI=1S/C18H18BrN3O/c1-22(2)15-7-3-12(4-8-15)11-20-18(23)17-9-13-5-6-14(19)10-16(13)21-17/h3-10,21H,11H2,1-2H3,(H,20,23). The van der Waals surface area contributed by atoms with Crippen molar-refractivity contribution in [1.29, 1.82) is 0 Å². The number of hydrogen-bond donors (Lipinski definition) is 2. The van der Waals surface area contributed by atoms with Gasteiger partial charge < -0.3 is 15.2 Å². The van der Waals surface area contributed by atoms with Gasteiger partial charge in [-0.3, -0.25) is 4.79 Å². The van der Waals surface area contributed by atoms with Crippen molar-refractivity contribution in [3.05, 3.63) is 64.3 Å². The Bertz CT molecular complexity index is 837. The number of rotatable bonds is 4. The van der Waals surface area contributed by atoms with Crippen molar-refractivity contribution in [2.45, 2.75) is 6.54 Å². The summed E-state index contributed by atoms with van der Waals surface area (Å²) in [6.45, 7) is 0.506. The molecule has 4 nitrogen and oxygen atoms in total. The van der Waals surface area contributed by atoms with Crippen LogP contribution in [-0.4, -0.2) is 25.0 Å². The van der Waals surface area contributed by atoms with Gasteiger partial charge in [0.05, 0.1) is 0 Å². The Morgan fingerprint density at radius 2 is 1.87 bits per heavy atom. The number of fused-ring (bicyclic) bond motifs is 1. The predicted molar refractivity (Wildman–Crippen MR) is 97.9 cm³/mol. The Hall–Kier alpha value is -2.27. The van der Waals surface area contributed by atoms with Gasteiger partial charge in [0, 0.05) is 41.7 Å². The Morgan fingerprint density at radius 3 is 2.57 bits per heavy atom. The molecule has 3 aromatic rings. The molecule has 0 aliphatic rings. The first kappa shape index (κ1) is 15.6. The van der Waals surface area contributed by atoms with Crippen LogP contribution in [0.25, 0.3) is 10.9 Å². The van der Waals surface area contributed by atoms with Gasteiger partial charge in [0.2, 0.25) is 0 Å². The molecule has 118 valence electrons. The molecular weight excluding hydrogens is 354 g/mol. The van der Waals surface area contributed by atoms with Crippen molar-refractivity contribution in [2.24, 2.45) is 0 Å². The van der Waals surface area contributed by atoms with Gasteiger partial charge in [-0.05, 0) is 35.9 Å². The van der Waals surface area contributed by atoms with Gasteiger partial charge in [-0.25, -0.2) is 0 Å². The lowest BCUT2D eigenvalue weighted by atomic mass is 10.2. The van der Waals surface area contributed by atoms with Crippen LogP contribution < -0.4 is 10.2 Å². The molecule has 0 saturated carbocycles. The zero-order chi connectivity index (χ0) is 16.4. The lowest BCUT2D eigenvalue weighted by Crippen LogP contribution is -2.23. The van der Waals surface area contributed by atoms with E-state index in [0.29, 0.717) is 12.2 Å². The molecule has 0 aliphatic carbocycles. The predicted octanol–water partition coefficient (Wildman–Crippen LogP) is 3.93. The van der Waals surface area contributed by atoms with Crippen LogP contribution in [0, 0.1) is 0 Å². The second kappa shape index (κ2) is 6.46. The third kappa shape index (κ3) is 3.56. The number of anilines is 1. The van der Waals surface area contributed by atoms with Crippen LogP contribution in [-0.2, 0) is 6.54 Å². The number of amides is 1. The van der Waals surface area contributed by atoms with E-state index in [1.807, 2.05) is 67.5 Å². The van der Waals surface area contributed by atoms with Crippen molar-refractivity contribution in [2.75, 3.05) is 19.0 Å². The summed E-state index contributed by atoms with van der Waals surface area (Å²) < 4.78 is 0.986. The van der Waals surface area contributed by atoms with Crippen LogP contribution in [0.2, 0.25) is 0 Å².